The van der Waals surface area contributed by atoms with Gasteiger partial charge in [0.15, 0.2) is 6.23 Å². The zero-order valence-electron chi connectivity index (χ0n) is 12.5. The first-order chi connectivity index (χ1) is 10.4. The van der Waals surface area contributed by atoms with Gasteiger partial charge >= 0.3 is 6.18 Å². The minimum atomic E-state index is -4.64. The number of pyridine rings is 1. The third kappa shape index (κ3) is 5.51. The Labute approximate surface area is 139 Å². The number of alkyl halides is 3. The molecule has 9 heteroatoms. The summed E-state index contributed by atoms with van der Waals surface area (Å²) in [4.78, 5) is 7.60. The average molecular weight is 396 g/mol. The van der Waals surface area contributed by atoms with Gasteiger partial charge in [0.1, 0.15) is 21.6 Å². The maximum atomic E-state index is 12.8. The quantitative estimate of drug-likeness (QED) is 0.309. The third-order valence-electron chi connectivity index (χ3n) is 3.14. The molecule has 1 heterocycles. The van der Waals surface area contributed by atoms with Crippen molar-refractivity contribution in [3.8, 4) is 0 Å². The molecule has 4 N–H and O–H groups in total. The van der Waals surface area contributed by atoms with E-state index in [-0.39, 0.29) is 6.42 Å². The molecule has 1 atom stereocenters. The molecule has 0 spiro atoms. The van der Waals surface area contributed by atoms with Crippen LogP contribution in [0.5, 0.6) is 0 Å². The molecule has 0 amide bonds. The molecule has 0 aromatic carbocycles. The Hall–Kier alpha value is -1.61. The second-order valence-electron chi connectivity index (χ2n) is 5.38. The molecule has 0 saturated heterocycles. The van der Waals surface area contributed by atoms with Crippen molar-refractivity contribution in [2.45, 2.75) is 32.7 Å². The molecule has 0 aliphatic carbocycles. The number of aliphatic hydroxyl groups is 2. The summed E-state index contributed by atoms with van der Waals surface area (Å²) in [5, 5.41) is 19.4. The van der Waals surface area contributed by atoms with E-state index >= 15 is 0 Å². The molecule has 0 aliphatic heterocycles. The first-order valence-corrected chi connectivity index (χ1v) is 7.32. The summed E-state index contributed by atoms with van der Waals surface area (Å²) in [6.45, 7) is 1.63. The summed E-state index contributed by atoms with van der Waals surface area (Å²) in [6, 6.07) is 3.37. The van der Waals surface area contributed by atoms with E-state index in [1.807, 2.05) is 0 Å². The van der Waals surface area contributed by atoms with Gasteiger partial charge in [0.25, 0.3) is 0 Å². The minimum absolute atomic E-state index is 0.0816. The highest BCUT2D eigenvalue weighted by molar-refractivity contribution is 9.10. The minimum Gasteiger partial charge on any atom is -0.511 e. The van der Waals surface area contributed by atoms with Crippen LogP contribution in [0.15, 0.2) is 39.8 Å². The summed E-state index contributed by atoms with van der Waals surface area (Å²) in [5.41, 5.74) is 3.66. The smallest absolute Gasteiger partial charge is 0.400 e. The van der Waals surface area contributed by atoms with Crippen molar-refractivity contribution >= 4 is 21.8 Å². The second kappa shape index (κ2) is 7.31. The van der Waals surface area contributed by atoms with E-state index < -0.39 is 29.4 Å². The highest BCUT2D eigenvalue weighted by Crippen LogP contribution is 2.42. The van der Waals surface area contributed by atoms with Gasteiger partial charge in [0, 0.05) is 18.7 Å². The number of rotatable bonds is 5. The highest BCUT2D eigenvalue weighted by atomic mass is 79.9. The van der Waals surface area contributed by atoms with E-state index in [9.17, 15) is 23.4 Å². The van der Waals surface area contributed by atoms with Gasteiger partial charge in [0.2, 0.25) is 0 Å². The Balaban J connectivity index is 2.83. The molecule has 128 valence electrons. The first kappa shape index (κ1) is 19.4. The predicted octanol–water partition coefficient (Wildman–Crippen LogP) is 3.09. The Bertz CT molecular complexity index is 598. The summed E-state index contributed by atoms with van der Waals surface area (Å²) in [7, 11) is 0. The van der Waals surface area contributed by atoms with Crippen molar-refractivity contribution in [2.24, 2.45) is 16.1 Å². The number of aromatic nitrogens is 1. The van der Waals surface area contributed by atoms with Crippen molar-refractivity contribution in [3.63, 3.8) is 0 Å². The van der Waals surface area contributed by atoms with Gasteiger partial charge in [-0.2, -0.15) is 13.2 Å². The van der Waals surface area contributed by atoms with Crippen LogP contribution in [0.3, 0.4) is 0 Å². The summed E-state index contributed by atoms with van der Waals surface area (Å²) in [5.74, 6) is -1.39. The first-order valence-electron chi connectivity index (χ1n) is 6.53. The van der Waals surface area contributed by atoms with E-state index in [4.69, 9.17) is 5.73 Å². The normalized spacial score (nSPS) is 15.6. The molecular weight excluding hydrogens is 379 g/mol. The van der Waals surface area contributed by atoms with Crippen molar-refractivity contribution in [1.29, 1.82) is 0 Å². The predicted molar refractivity (Wildman–Crippen MR) is 83.8 cm³/mol. The molecule has 1 aromatic heterocycles. The fourth-order valence-electron chi connectivity index (χ4n) is 1.46. The number of hydrogen-bond acceptors (Lipinski definition) is 4. The lowest BCUT2D eigenvalue weighted by Gasteiger charge is -2.26. The standard InChI is InChI=1S/C14H17BrF3N3O2/c1-13(2,14(16,17)18)9(22)6-11(19)21-12(23)5-8-3-4-10(15)20-7-8/h3-4,6-7,12,22-23H,5H2,1-2H3,(H2,19,21)/b9-6-. The molecule has 0 saturated carbocycles. The van der Waals surface area contributed by atoms with Crippen LogP contribution in [-0.4, -0.2) is 33.4 Å². The van der Waals surface area contributed by atoms with Crippen molar-refractivity contribution < 1.29 is 23.4 Å². The van der Waals surface area contributed by atoms with E-state index in [1.54, 1.807) is 12.1 Å². The summed E-state index contributed by atoms with van der Waals surface area (Å²) < 4.78 is 39.0. The number of amidine groups is 1. The zero-order chi connectivity index (χ0) is 17.8. The van der Waals surface area contributed by atoms with Crippen LogP contribution in [0.1, 0.15) is 19.4 Å². The van der Waals surface area contributed by atoms with Gasteiger partial charge in [0.05, 0.1) is 0 Å². The van der Waals surface area contributed by atoms with Gasteiger partial charge in [-0.25, -0.2) is 9.98 Å². The van der Waals surface area contributed by atoms with Gasteiger partial charge in [-0.1, -0.05) is 6.07 Å². The Kier molecular flexibility index (Phi) is 6.18. The van der Waals surface area contributed by atoms with Crippen LogP contribution in [-0.2, 0) is 6.42 Å². The maximum Gasteiger partial charge on any atom is 0.400 e. The number of nitrogens with two attached hydrogens (primary N) is 1. The zero-order valence-corrected chi connectivity index (χ0v) is 14.1. The number of hydrogen-bond donors (Lipinski definition) is 3. The molecule has 1 aromatic rings. The van der Waals surface area contributed by atoms with E-state index in [2.05, 4.69) is 25.9 Å². The largest absolute Gasteiger partial charge is 0.511 e. The molecule has 1 unspecified atom stereocenters. The second-order valence-corrected chi connectivity index (χ2v) is 6.19. The SMILES string of the molecule is CC(C)(/C(O)=C/C(N)=NC(O)Cc1ccc(Br)nc1)C(F)(F)F. The maximum absolute atomic E-state index is 12.8. The van der Waals surface area contributed by atoms with Crippen molar-refractivity contribution in [2.75, 3.05) is 0 Å². The number of allylic oxidation sites excluding steroid dienone is 1. The monoisotopic (exact) mass is 395 g/mol. The lowest BCUT2D eigenvalue weighted by molar-refractivity contribution is -0.206. The Morgan fingerprint density at radius 1 is 1.43 bits per heavy atom. The third-order valence-corrected chi connectivity index (χ3v) is 3.61. The van der Waals surface area contributed by atoms with Crippen molar-refractivity contribution in [3.05, 3.63) is 40.3 Å². The highest BCUT2D eigenvalue weighted by Gasteiger charge is 2.50. The molecule has 0 aliphatic rings. The Morgan fingerprint density at radius 3 is 2.52 bits per heavy atom. The van der Waals surface area contributed by atoms with E-state index in [0.29, 0.717) is 16.2 Å². The van der Waals surface area contributed by atoms with Crippen LogP contribution < -0.4 is 5.73 Å². The molecular formula is C14H17BrF3N3O2. The van der Waals surface area contributed by atoms with Crippen LogP contribution in [0, 0.1) is 5.41 Å². The molecule has 5 nitrogen and oxygen atoms in total. The van der Waals surface area contributed by atoms with Crippen LogP contribution in [0.25, 0.3) is 0 Å². The molecule has 1 rings (SSSR count). The molecule has 23 heavy (non-hydrogen) atoms. The lowest BCUT2D eigenvalue weighted by atomic mass is 9.89. The van der Waals surface area contributed by atoms with Crippen LogP contribution in [0.4, 0.5) is 13.2 Å². The molecule has 0 fully saturated rings. The average Bonchev–Trinajstić information content (AvgIpc) is 2.39. The van der Waals surface area contributed by atoms with Gasteiger partial charge in [-0.15, -0.1) is 0 Å². The molecule has 0 bridgehead atoms. The van der Waals surface area contributed by atoms with Crippen LogP contribution >= 0.6 is 15.9 Å². The van der Waals surface area contributed by atoms with E-state index in [0.717, 1.165) is 13.8 Å². The number of nitrogens with zero attached hydrogens (tertiary/aromatic N) is 2. The number of aliphatic hydroxyl groups excluding tert-OH is 2. The Morgan fingerprint density at radius 2 is 2.04 bits per heavy atom. The van der Waals surface area contributed by atoms with Crippen LogP contribution in [0.2, 0.25) is 0 Å². The summed E-state index contributed by atoms with van der Waals surface area (Å²) in [6.07, 6.45) is -3.63. The summed E-state index contributed by atoms with van der Waals surface area (Å²) >= 11 is 3.16. The topological polar surface area (TPSA) is 91.7 Å². The van der Waals surface area contributed by atoms with Gasteiger partial charge in [-0.3, -0.25) is 0 Å². The van der Waals surface area contributed by atoms with Crippen molar-refractivity contribution in [1.82, 2.24) is 4.98 Å². The van der Waals surface area contributed by atoms with Gasteiger partial charge in [-0.05, 0) is 41.4 Å². The number of halogens is 4. The fourth-order valence-corrected chi connectivity index (χ4v) is 1.69. The molecule has 0 radical (unpaired) electrons. The van der Waals surface area contributed by atoms with Gasteiger partial charge < -0.3 is 15.9 Å². The fraction of sp³-hybridized carbons (Fsp3) is 0.429. The lowest BCUT2D eigenvalue weighted by Crippen LogP contribution is -2.34. The number of aliphatic imine (C=N–C) groups is 1. The van der Waals surface area contributed by atoms with E-state index in [1.165, 1.54) is 6.20 Å².